The number of hydrogen-bond acceptors (Lipinski definition) is 9. The lowest BCUT2D eigenvalue weighted by atomic mass is 9.83. The third kappa shape index (κ3) is 6.96. The molecule has 1 aliphatic heterocycles. The molecule has 0 aliphatic carbocycles. The topological polar surface area (TPSA) is 183 Å². The molecule has 37 heavy (non-hydrogen) atoms. The Balaban J connectivity index is 2.11. The Morgan fingerprint density at radius 1 is 0.919 bits per heavy atom. The summed E-state index contributed by atoms with van der Waals surface area (Å²) in [4.78, 5) is 28.0. The summed E-state index contributed by atoms with van der Waals surface area (Å²) in [7, 11) is 1.88. The van der Waals surface area contributed by atoms with Crippen molar-refractivity contribution in [3.8, 4) is 0 Å². The van der Waals surface area contributed by atoms with Crippen molar-refractivity contribution in [2.45, 2.75) is 37.1 Å². The van der Waals surface area contributed by atoms with E-state index in [4.69, 9.17) is 23.2 Å². The van der Waals surface area contributed by atoms with E-state index in [0.29, 0.717) is 28.7 Å². The highest BCUT2D eigenvalue weighted by Gasteiger charge is 2.29. The van der Waals surface area contributed by atoms with E-state index in [9.17, 15) is 40.2 Å². The van der Waals surface area contributed by atoms with Crippen LogP contribution in [0.2, 0.25) is 10.0 Å². The van der Waals surface area contributed by atoms with Gasteiger partial charge in [-0.15, -0.1) is 0 Å². The summed E-state index contributed by atoms with van der Waals surface area (Å²) >= 11 is 12.7. The Bertz CT molecular complexity index is 1100. The van der Waals surface area contributed by atoms with Crippen LogP contribution in [0, 0.1) is 0 Å². The zero-order valence-electron chi connectivity index (χ0n) is 19.8. The van der Waals surface area contributed by atoms with Crippen LogP contribution in [0.1, 0.15) is 43.3 Å². The number of carbonyl (C=O) groups excluding carboxylic acids is 2. The lowest BCUT2D eigenvalue weighted by molar-refractivity contribution is -0.0759. The molecule has 0 aromatic heterocycles. The van der Waals surface area contributed by atoms with E-state index in [1.54, 1.807) is 12.1 Å². The van der Waals surface area contributed by atoms with Crippen molar-refractivity contribution < 1.29 is 40.2 Å². The van der Waals surface area contributed by atoms with Crippen molar-refractivity contribution in [3.05, 3.63) is 68.2 Å². The second-order valence-electron chi connectivity index (χ2n) is 8.90. The normalized spacial score (nSPS) is 17.4. The Morgan fingerprint density at radius 3 is 1.89 bits per heavy atom. The van der Waals surface area contributed by atoms with Gasteiger partial charge in [0, 0.05) is 40.2 Å². The predicted octanol–water partition coefficient (Wildman–Crippen LogP) is -0.627. The van der Waals surface area contributed by atoms with Crippen LogP contribution < -0.4 is 10.6 Å². The number of rotatable bonds is 9. The molecule has 2 aromatic rings. The van der Waals surface area contributed by atoms with E-state index in [-0.39, 0.29) is 17.0 Å². The van der Waals surface area contributed by atoms with Crippen molar-refractivity contribution >= 4 is 35.0 Å². The lowest BCUT2D eigenvalue weighted by Gasteiger charge is -2.34. The first-order chi connectivity index (χ1) is 17.4. The van der Waals surface area contributed by atoms with Crippen LogP contribution in [-0.4, -0.2) is 98.8 Å². The second-order valence-corrected chi connectivity index (χ2v) is 9.74. The molecule has 3 atom stereocenters. The van der Waals surface area contributed by atoms with Gasteiger partial charge in [-0.05, 0) is 54.1 Å². The zero-order chi connectivity index (χ0) is 27.4. The van der Waals surface area contributed by atoms with Gasteiger partial charge in [-0.25, -0.2) is 0 Å². The van der Waals surface area contributed by atoms with Gasteiger partial charge in [-0.2, -0.15) is 0 Å². The minimum Gasteiger partial charge on any atom is -0.394 e. The number of fused-ring (bicyclic) bond motifs is 1. The van der Waals surface area contributed by atoms with E-state index >= 15 is 0 Å². The van der Waals surface area contributed by atoms with Crippen molar-refractivity contribution in [1.82, 2.24) is 15.5 Å². The average molecular weight is 558 g/mol. The first-order valence-electron chi connectivity index (χ1n) is 11.3. The molecule has 1 aliphatic rings. The molecule has 0 saturated carbocycles. The largest absolute Gasteiger partial charge is 0.394 e. The second kappa shape index (κ2) is 12.5. The number of carbonyl (C=O) groups is 2. The minimum absolute atomic E-state index is 0.0326. The molecule has 8 N–H and O–H groups in total. The lowest BCUT2D eigenvalue weighted by Crippen LogP contribution is -2.46. The number of likely N-dealkylation sites (N-methyl/N-ethyl adjacent to an activating group) is 1. The van der Waals surface area contributed by atoms with Gasteiger partial charge in [0.05, 0.1) is 13.2 Å². The van der Waals surface area contributed by atoms with Gasteiger partial charge in [0.15, 0.2) is 12.6 Å². The van der Waals surface area contributed by atoms with Gasteiger partial charge in [0.25, 0.3) is 11.8 Å². The fraction of sp³-hybridized carbons (Fsp3) is 0.417. The molecule has 1 heterocycles. The maximum Gasteiger partial charge on any atom is 0.251 e. The zero-order valence-corrected chi connectivity index (χ0v) is 21.3. The summed E-state index contributed by atoms with van der Waals surface area (Å²) in [5, 5.41) is 61.8. The SMILES string of the molecule is CN1Cc2c(Cl)cc(Cl)cc2C(c2cc(C(=O)NC(CO)C(O)O)cc(C(=O)NC(CO)C(O)O)c2)C1. The van der Waals surface area contributed by atoms with E-state index < -0.39 is 49.7 Å². The highest BCUT2D eigenvalue weighted by Crippen LogP contribution is 2.39. The molecular formula is C24H29Cl2N3O8. The van der Waals surface area contributed by atoms with Gasteiger partial charge < -0.3 is 46.2 Å². The minimum atomic E-state index is -2.03. The molecule has 3 rings (SSSR count). The number of nitrogens with one attached hydrogen (secondary N) is 2. The molecule has 11 nitrogen and oxygen atoms in total. The number of hydrogen-bond donors (Lipinski definition) is 8. The Morgan fingerprint density at radius 2 is 1.43 bits per heavy atom. The summed E-state index contributed by atoms with van der Waals surface area (Å²) in [5.41, 5.74) is 2.10. The van der Waals surface area contributed by atoms with Crippen LogP contribution in [0.25, 0.3) is 0 Å². The summed E-state index contributed by atoms with van der Waals surface area (Å²) in [6.45, 7) is -0.463. The fourth-order valence-corrected chi connectivity index (χ4v) is 4.75. The number of benzene rings is 2. The molecule has 0 spiro atoms. The standard InChI is InChI=1S/C24H29Cl2N3O8/c1-29-7-16(15-5-14(25)6-18(26)17(15)8-29)11-2-12(21(32)27-19(9-30)23(34)35)4-13(3-11)22(33)28-20(10-31)24(36)37/h2-6,16,19-20,23-24,30-31,34-37H,7-10H2,1H3,(H,27,32)(H,28,33). The quantitative estimate of drug-likeness (QED) is 0.186. The van der Waals surface area contributed by atoms with Crippen LogP contribution >= 0.6 is 23.2 Å². The summed E-state index contributed by atoms with van der Waals surface area (Å²) < 4.78 is 0. The van der Waals surface area contributed by atoms with Crippen molar-refractivity contribution in [2.24, 2.45) is 0 Å². The van der Waals surface area contributed by atoms with E-state index in [1.807, 2.05) is 11.9 Å². The molecule has 0 radical (unpaired) electrons. The maximum atomic E-state index is 13.0. The average Bonchev–Trinajstić information content (AvgIpc) is 2.84. The molecule has 13 heteroatoms. The molecule has 0 bridgehead atoms. The van der Waals surface area contributed by atoms with Gasteiger partial charge in [-0.1, -0.05) is 23.2 Å². The molecule has 0 fully saturated rings. The first-order valence-corrected chi connectivity index (χ1v) is 12.1. The molecule has 2 amide bonds. The van der Waals surface area contributed by atoms with Crippen molar-refractivity contribution in [3.63, 3.8) is 0 Å². The molecule has 3 unspecified atom stereocenters. The number of amides is 2. The summed E-state index contributed by atoms with van der Waals surface area (Å²) in [6, 6.07) is 4.91. The third-order valence-electron chi connectivity index (χ3n) is 6.12. The predicted molar refractivity (Wildman–Crippen MR) is 134 cm³/mol. The molecule has 0 saturated heterocycles. The van der Waals surface area contributed by atoms with E-state index in [2.05, 4.69) is 10.6 Å². The Hall–Kier alpha value is -2.32. The number of aliphatic hydroxyl groups excluding tert-OH is 4. The highest BCUT2D eigenvalue weighted by molar-refractivity contribution is 6.35. The van der Waals surface area contributed by atoms with Crippen LogP contribution in [-0.2, 0) is 6.54 Å². The highest BCUT2D eigenvalue weighted by atomic mass is 35.5. The van der Waals surface area contributed by atoms with Gasteiger partial charge in [-0.3, -0.25) is 9.59 Å². The van der Waals surface area contributed by atoms with Crippen molar-refractivity contribution in [1.29, 1.82) is 0 Å². The van der Waals surface area contributed by atoms with Gasteiger partial charge >= 0.3 is 0 Å². The van der Waals surface area contributed by atoms with Crippen LogP contribution in [0.4, 0.5) is 0 Å². The Labute approximate surface area is 222 Å². The summed E-state index contributed by atoms with van der Waals surface area (Å²) in [5.74, 6) is -1.96. The van der Waals surface area contributed by atoms with Gasteiger partial charge in [0.2, 0.25) is 0 Å². The third-order valence-corrected chi connectivity index (χ3v) is 6.68. The smallest absolute Gasteiger partial charge is 0.251 e. The summed E-state index contributed by atoms with van der Waals surface area (Å²) in [6.07, 6.45) is -4.06. The Kier molecular flexibility index (Phi) is 9.86. The molecule has 2 aromatic carbocycles. The van der Waals surface area contributed by atoms with E-state index in [0.717, 1.165) is 11.1 Å². The van der Waals surface area contributed by atoms with E-state index in [1.165, 1.54) is 18.2 Å². The fourth-order valence-electron chi connectivity index (χ4n) is 4.18. The monoisotopic (exact) mass is 557 g/mol. The van der Waals surface area contributed by atoms with Crippen LogP contribution in [0.15, 0.2) is 30.3 Å². The molecular weight excluding hydrogens is 529 g/mol. The number of aliphatic hydroxyl groups is 6. The number of halogens is 2. The van der Waals surface area contributed by atoms with Crippen LogP contribution in [0.3, 0.4) is 0 Å². The number of nitrogens with zero attached hydrogens (tertiary/aromatic N) is 1. The first kappa shape index (κ1) is 29.2. The van der Waals surface area contributed by atoms with Crippen molar-refractivity contribution in [2.75, 3.05) is 26.8 Å². The maximum absolute atomic E-state index is 13.0. The molecule has 202 valence electrons. The van der Waals surface area contributed by atoms with Gasteiger partial charge in [0.1, 0.15) is 12.1 Å². The van der Waals surface area contributed by atoms with Crippen LogP contribution in [0.5, 0.6) is 0 Å².